The highest BCUT2D eigenvalue weighted by molar-refractivity contribution is 5.87. The summed E-state index contributed by atoms with van der Waals surface area (Å²) in [5.74, 6) is 0.946. The molecule has 2 aromatic carbocycles. The van der Waals surface area contributed by atoms with Crippen LogP contribution in [0.3, 0.4) is 0 Å². The van der Waals surface area contributed by atoms with Crippen molar-refractivity contribution in [2.75, 3.05) is 20.3 Å². The Morgan fingerprint density at radius 1 is 1.22 bits per heavy atom. The smallest absolute Gasteiger partial charge is 0.123 e. The topological polar surface area (TPSA) is 30.5 Å². The van der Waals surface area contributed by atoms with E-state index in [1.54, 1.807) is 7.11 Å². The lowest BCUT2D eigenvalue weighted by molar-refractivity contribution is -0.00580. The molecule has 0 aliphatic carbocycles. The van der Waals surface area contributed by atoms with Gasteiger partial charge in [0, 0.05) is 12.1 Å². The van der Waals surface area contributed by atoms with Crippen LogP contribution >= 0.6 is 0 Å². The normalized spacial score (nSPS) is 15.6. The van der Waals surface area contributed by atoms with E-state index in [9.17, 15) is 0 Å². The highest BCUT2D eigenvalue weighted by atomic mass is 16.5. The average molecular weight is 243 g/mol. The molecule has 94 valence electrons. The van der Waals surface area contributed by atoms with Crippen LogP contribution in [-0.2, 0) is 11.3 Å². The molecular weight excluding hydrogens is 226 g/mol. The van der Waals surface area contributed by atoms with E-state index in [2.05, 4.69) is 35.6 Å². The van der Waals surface area contributed by atoms with Gasteiger partial charge in [-0.3, -0.25) is 0 Å². The van der Waals surface area contributed by atoms with Crippen molar-refractivity contribution in [3.05, 3.63) is 42.0 Å². The lowest BCUT2D eigenvalue weighted by atomic mass is 10.0. The number of nitrogens with one attached hydrogen (secondary N) is 1. The van der Waals surface area contributed by atoms with Crippen LogP contribution < -0.4 is 10.1 Å². The predicted molar refractivity (Wildman–Crippen MR) is 71.9 cm³/mol. The Balaban J connectivity index is 1.94. The highest BCUT2D eigenvalue weighted by Gasteiger charge is 2.18. The van der Waals surface area contributed by atoms with Gasteiger partial charge in [0.2, 0.25) is 0 Å². The molecule has 0 spiro atoms. The predicted octanol–water partition coefficient (Wildman–Crippen LogP) is 2.34. The molecule has 1 fully saturated rings. The summed E-state index contributed by atoms with van der Waals surface area (Å²) in [6, 6.07) is 13.0. The second kappa shape index (κ2) is 4.96. The van der Waals surface area contributed by atoms with Crippen molar-refractivity contribution in [1.82, 2.24) is 5.32 Å². The van der Waals surface area contributed by atoms with E-state index >= 15 is 0 Å². The maximum atomic E-state index is 5.47. The van der Waals surface area contributed by atoms with Crippen molar-refractivity contribution in [2.24, 2.45) is 0 Å². The second-order valence-electron chi connectivity index (χ2n) is 4.58. The van der Waals surface area contributed by atoms with Gasteiger partial charge in [0.25, 0.3) is 0 Å². The fourth-order valence-electron chi connectivity index (χ4n) is 2.29. The molecule has 2 aromatic rings. The van der Waals surface area contributed by atoms with Crippen LogP contribution in [0.5, 0.6) is 5.75 Å². The van der Waals surface area contributed by atoms with Crippen molar-refractivity contribution in [3.63, 3.8) is 0 Å². The summed E-state index contributed by atoms with van der Waals surface area (Å²) in [5.41, 5.74) is 1.22. The summed E-state index contributed by atoms with van der Waals surface area (Å²) in [5, 5.41) is 6.00. The summed E-state index contributed by atoms with van der Waals surface area (Å²) in [4.78, 5) is 0. The van der Waals surface area contributed by atoms with Gasteiger partial charge in [-0.05, 0) is 16.8 Å². The Labute approximate surface area is 107 Å². The standard InChI is InChI=1S/C15H17NO2/c1-17-15-7-6-11-4-2-3-5-13(11)14(15)8-16-12-9-18-10-12/h2-7,12,16H,8-10H2,1H3. The van der Waals surface area contributed by atoms with E-state index in [-0.39, 0.29) is 0 Å². The molecule has 1 heterocycles. The molecule has 3 heteroatoms. The van der Waals surface area contributed by atoms with Gasteiger partial charge in [0.1, 0.15) is 5.75 Å². The third-order valence-corrected chi connectivity index (χ3v) is 3.42. The first kappa shape index (κ1) is 11.5. The zero-order valence-corrected chi connectivity index (χ0v) is 10.5. The van der Waals surface area contributed by atoms with E-state index in [0.717, 1.165) is 25.5 Å². The first-order chi connectivity index (χ1) is 8.88. The summed E-state index contributed by atoms with van der Waals surface area (Å²) in [7, 11) is 1.72. The number of hydrogen-bond acceptors (Lipinski definition) is 3. The van der Waals surface area contributed by atoms with E-state index in [0.29, 0.717) is 6.04 Å². The third kappa shape index (κ3) is 2.07. The van der Waals surface area contributed by atoms with Crippen LogP contribution in [0.1, 0.15) is 5.56 Å². The molecule has 0 atom stereocenters. The van der Waals surface area contributed by atoms with Crippen molar-refractivity contribution in [3.8, 4) is 5.75 Å². The Morgan fingerprint density at radius 2 is 2.06 bits per heavy atom. The van der Waals surface area contributed by atoms with Crippen molar-refractivity contribution >= 4 is 10.8 Å². The van der Waals surface area contributed by atoms with E-state index in [1.165, 1.54) is 16.3 Å². The third-order valence-electron chi connectivity index (χ3n) is 3.42. The number of ether oxygens (including phenoxy) is 2. The first-order valence-corrected chi connectivity index (χ1v) is 6.24. The van der Waals surface area contributed by atoms with Gasteiger partial charge in [0.15, 0.2) is 0 Å². The lowest BCUT2D eigenvalue weighted by Crippen LogP contribution is -2.45. The zero-order valence-electron chi connectivity index (χ0n) is 10.5. The molecule has 3 rings (SSSR count). The molecule has 18 heavy (non-hydrogen) atoms. The van der Waals surface area contributed by atoms with Crippen LogP contribution in [0.4, 0.5) is 0 Å². The monoisotopic (exact) mass is 243 g/mol. The van der Waals surface area contributed by atoms with Gasteiger partial charge in [-0.2, -0.15) is 0 Å². The number of benzene rings is 2. The number of rotatable bonds is 4. The van der Waals surface area contributed by atoms with Crippen LogP contribution in [0.15, 0.2) is 36.4 Å². The molecule has 1 N–H and O–H groups in total. The molecule has 1 saturated heterocycles. The first-order valence-electron chi connectivity index (χ1n) is 6.24. The molecule has 0 bridgehead atoms. The fourth-order valence-corrected chi connectivity index (χ4v) is 2.29. The van der Waals surface area contributed by atoms with E-state index in [1.807, 2.05) is 6.07 Å². The molecule has 1 aliphatic rings. The SMILES string of the molecule is COc1ccc2ccccc2c1CNC1COC1. The van der Waals surface area contributed by atoms with Gasteiger partial charge in [-0.15, -0.1) is 0 Å². The number of methoxy groups -OCH3 is 1. The molecular formula is C15H17NO2. The maximum Gasteiger partial charge on any atom is 0.123 e. The fraction of sp³-hybridized carbons (Fsp3) is 0.333. The molecule has 0 unspecified atom stereocenters. The maximum absolute atomic E-state index is 5.47. The van der Waals surface area contributed by atoms with Crippen LogP contribution in [0, 0.1) is 0 Å². The molecule has 0 saturated carbocycles. The largest absolute Gasteiger partial charge is 0.496 e. The lowest BCUT2D eigenvalue weighted by Gasteiger charge is -2.27. The molecule has 0 radical (unpaired) electrons. The Kier molecular flexibility index (Phi) is 3.17. The minimum absolute atomic E-state index is 0.480. The summed E-state index contributed by atoms with van der Waals surface area (Å²) in [6.07, 6.45) is 0. The van der Waals surface area contributed by atoms with Crippen molar-refractivity contribution in [2.45, 2.75) is 12.6 Å². The second-order valence-corrected chi connectivity index (χ2v) is 4.58. The van der Waals surface area contributed by atoms with E-state index in [4.69, 9.17) is 9.47 Å². The van der Waals surface area contributed by atoms with Gasteiger partial charge in [-0.1, -0.05) is 30.3 Å². The zero-order chi connectivity index (χ0) is 12.4. The van der Waals surface area contributed by atoms with Gasteiger partial charge < -0.3 is 14.8 Å². The molecule has 0 amide bonds. The van der Waals surface area contributed by atoms with Gasteiger partial charge in [0.05, 0.1) is 26.4 Å². The van der Waals surface area contributed by atoms with Crippen molar-refractivity contribution in [1.29, 1.82) is 0 Å². The van der Waals surface area contributed by atoms with Crippen molar-refractivity contribution < 1.29 is 9.47 Å². The van der Waals surface area contributed by atoms with Crippen LogP contribution in [-0.4, -0.2) is 26.4 Å². The average Bonchev–Trinajstić information content (AvgIpc) is 2.37. The minimum Gasteiger partial charge on any atom is -0.496 e. The Hall–Kier alpha value is -1.58. The highest BCUT2D eigenvalue weighted by Crippen LogP contribution is 2.28. The van der Waals surface area contributed by atoms with Gasteiger partial charge >= 0.3 is 0 Å². The summed E-state index contributed by atoms with van der Waals surface area (Å²) >= 11 is 0. The Morgan fingerprint density at radius 3 is 2.78 bits per heavy atom. The minimum atomic E-state index is 0.480. The van der Waals surface area contributed by atoms with E-state index < -0.39 is 0 Å². The molecule has 3 nitrogen and oxygen atoms in total. The van der Waals surface area contributed by atoms with Gasteiger partial charge in [-0.25, -0.2) is 0 Å². The summed E-state index contributed by atoms with van der Waals surface area (Å²) in [6.45, 7) is 2.44. The summed E-state index contributed by atoms with van der Waals surface area (Å²) < 4.78 is 10.6. The molecule has 0 aromatic heterocycles. The Bertz CT molecular complexity index is 549. The quantitative estimate of drug-likeness (QED) is 0.894. The van der Waals surface area contributed by atoms with Crippen LogP contribution in [0.25, 0.3) is 10.8 Å². The number of fused-ring (bicyclic) bond motifs is 1. The molecule has 1 aliphatic heterocycles. The van der Waals surface area contributed by atoms with Crippen LogP contribution in [0.2, 0.25) is 0 Å². The number of hydrogen-bond donors (Lipinski definition) is 1.